The fourth-order valence-electron chi connectivity index (χ4n) is 2.29. The third-order valence-corrected chi connectivity index (χ3v) is 3.56. The van der Waals surface area contributed by atoms with Crippen LogP contribution in [0.5, 0.6) is 0 Å². The zero-order chi connectivity index (χ0) is 15.2. The molecule has 0 aliphatic rings. The molecule has 0 N–H and O–H groups in total. The zero-order valence-corrected chi connectivity index (χ0v) is 12.9. The van der Waals surface area contributed by atoms with Gasteiger partial charge < -0.3 is 0 Å². The lowest BCUT2D eigenvalue weighted by Gasteiger charge is -2.06. The van der Waals surface area contributed by atoms with Gasteiger partial charge in [-0.25, -0.2) is 4.57 Å². The van der Waals surface area contributed by atoms with Crippen molar-refractivity contribution in [2.24, 2.45) is 12.0 Å². The van der Waals surface area contributed by atoms with Crippen molar-refractivity contribution in [2.45, 2.75) is 13.8 Å². The fourth-order valence-corrected chi connectivity index (χ4v) is 2.29. The second kappa shape index (κ2) is 6.80. The van der Waals surface area contributed by atoms with Crippen LogP contribution in [0.2, 0.25) is 0 Å². The summed E-state index contributed by atoms with van der Waals surface area (Å²) >= 11 is 0. The Balaban J connectivity index is 2.48. The van der Waals surface area contributed by atoms with Crippen LogP contribution in [-0.4, -0.2) is 6.72 Å². The van der Waals surface area contributed by atoms with Gasteiger partial charge >= 0.3 is 0 Å². The van der Waals surface area contributed by atoms with Crippen LogP contribution in [0, 0.1) is 6.92 Å². The maximum absolute atomic E-state index is 3.71. The van der Waals surface area contributed by atoms with E-state index in [1.165, 1.54) is 28.0 Å². The van der Waals surface area contributed by atoms with E-state index >= 15 is 0 Å². The summed E-state index contributed by atoms with van der Waals surface area (Å²) < 4.78 is 2.15. The van der Waals surface area contributed by atoms with Gasteiger partial charge in [0, 0.05) is 23.9 Å². The van der Waals surface area contributed by atoms with Gasteiger partial charge in [-0.2, -0.15) is 0 Å². The highest BCUT2D eigenvalue weighted by atomic mass is 14.9. The Bertz CT molecular complexity index is 709. The minimum atomic E-state index is 1.20. The number of aryl methyl sites for hydroxylation is 2. The van der Waals surface area contributed by atoms with E-state index in [0.29, 0.717) is 0 Å². The number of rotatable bonds is 4. The first-order valence-corrected chi connectivity index (χ1v) is 6.99. The zero-order valence-electron chi connectivity index (χ0n) is 12.9. The van der Waals surface area contributed by atoms with Crippen molar-refractivity contribution in [3.05, 3.63) is 72.1 Å². The van der Waals surface area contributed by atoms with Crippen molar-refractivity contribution in [1.82, 2.24) is 0 Å². The Morgan fingerprint density at radius 2 is 2.00 bits per heavy atom. The molecule has 1 heterocycles. The summed E-state index contributed by atoms with van der Waals surface area (Å²) in [6, 6.07) is 12.8. The van der Waals surface area contributed by atoms with E-state index in [9.17, 15) is 0 Å². The maximum atomic E-state index is 3.71. The first-order chi connectivity index (χ1) is 10.1. The number of benzene rings is 1. The average Bonchev–Trinajstić information content (AvgIpc) is 2.49. The molecule has 1 aromatic carbocycles. The molecule has 106 valence electrons. The molecule has 0 saturated carbocycles. The van der Waals surface area contributed by atoms with E-state index < -0.39 is 0 Å². The molecule has 0 unspecified atom stereocenters. The molecule has 2 nitrogen and oxygen atoms in total. The van der Waals surface area contributed by atoms with Gasteiger partial charge in [-0.3, -0.25) is 4.99 Å². The van der Waals surface area contributed by atoms with Crippen LogP contribution >= 0.6 is 0 Å². The van der Waals surface area contributed by atoms with E-state index in [4.69, 9.17) is 0 Å². The lowest BCUT2D eigenvalue weighted by Crippen LogP contribution is -2.30. The minimum absolute atomic E-state index is 1.20. The van der Waals surface area contributed by atoms with Crippen LogP contribution in [0.4, 0.5) is 0 Å². The lowest BCUT2D eigenvalue weighted by atomic mass is 10.0. The monoisotopic (exact) mass is 277 g/mol. The predicted molar refractivity (Wildman–Crippen MR) is 90.1 cm³/mol. The Morgan fingerprint density at radius 3 is 2.71 bits per heavy atom. The molecule has 0 atom stereocenters. The topological polar surface area (TPSA) is 16.2 Å². The molecular formula is C19H21N2+. The van der Waals surface area contributed by atoms with Gasteiger partial charge in [0.15, 0.2) is 6.20 Å². The summed E-state index contributed by atoms with van der Waals surface area (Å²) in [5.41, 5.74) is 6.16. The second-order valence-corrected chi connectivity index (χ2v) is 5.10. The van der Waals surface area contributed by atoms with Crippen LogP contribution < -0.4 is 4.57 Å². The van der Waals surface area contributed by atoms with Gasteiger partial charge in [0.25, 0.3) is 0 Å². The molecule has 21 heavy (non-hydrogen) atoms. The molecule has 0 aliphatic carbocycles. The average molecular weight is 277 g/mol. The number of aliphatic imine (C=N–C) groups is 1. The highest BCUT2D eigenvalue weighted by molar-refractivity contribution is 5.70. The van der Waals surface area contributed by atoms with Gasteiger partial charge in [0.1, 0.15) is 7.05 Å². The quantitative estimate of drug-likeness (QED) is 0.454. The van der Waals surface area contributed by atoms with Crippen molar-refractivity contribution in [3.8, 4) is 11.3 Å². The standard InChI is InChI=1S/C19H21N2/c1-15(9-7-12-20-3)17-11-13-21(4)19(14-17)18-10-6-5-8-16(18)2/h5-14H,3H2,1-2,4H3/q+1. The van der Waals surface area contributed by atoms with Crippen molar-refractivity contribution < 1.29 is 4.57 Å². The van der Waals surface area contributed by atoms with Crippen molar-refractivity contribution >= 4 is 12.3 Å². The van der Waals surface area contributed by atoms with E-state index in [1.54, 1.807) is 6.20 Å². The molecule has 0 amide bonds. The van der Waals surface area contributed by atoms with Crippen LogP contribution in [0.25, 0.3) is 16.8 Å². The highest BCUT2D eigenvalue weighted by Gasteiger charge is 2.13. The smallest absolute Gasteiger partial charge is 0.213 e. The molecule has 2 rings (SSSR count). The molecule has 2 heteroatoms. The summed E-state index contributed by atoms with van der Waals surface area (Å²) in [7, 11) is 2.08. The van der Waals surface area contributed by atoms with Gasteiger partial charge in [-0.1, -0.05) is 24.3 Å². The Labute approximate surface area is 126 Å². The fraction of sp³-hybridized carbons (Fsp3) is 0.158. The van der Waals surface area contributed by atoms with E-state index in [1.807, 2.05) is 12.2 Å². The highest BCUT2D eigenvalue weighted by Crippen LogP contribution is 2.23. The SMILES string of the molecule is C=NC=CC=C(C)c1cc[n+](C)c(-c2ccccc2C)c1. The lowest BCUT2D eigenvalue weighted by molar-refractivity contribution is -0.660. The van der Waals surface area contributed by atoms with Gasteiger partial charge in [0.2, 0.25) is 5.69 Å². The van der Waals surface area contributed by atoms with Crippen LogP contribution in [0.1, 0.15) is 18.1 Å². The number of pyridine rings is 1. The molecule has 0 radical (unpaired) electrons. The maximum Gasteiger partial charge on any atom is 0.213 e. The Kier molecular flexibility index (Phi) is 4.83. The third-order valence-electron chi connectivity index (χ3n) is 3.56. The van der Waals surface area contributed by atoms with Crippen LogP contribution in [0.3, 0.4) is 0 Å². The Hall–Kier alpha value is -2.48. The summed E-state index contributed by atoms with van der Waals surface area (Å²) in [6.45, 7) is 7.68. The van der Waals surface area contributed by atoms with Crippen molar-refractivity contribution in [3.63, 3.8) is 0 Å². The third kappa shape index (κ3) is 3.54. The molecule has 0 saturated heterocycles. The number of allylic oxidation sites excluding steroid dienone is 3. The van der Waals surface area contributed by atoms with E-state index in [-0.39, 0.29) is 0 Å². The van der Waals surface area contributed by atoms with E-state index in [2.05, 4.69) is 79.8 Å². The first-order valence-electron chi connectivity index (χ1n) is 6.99. The van der Waals surface area contributed by atoms with Crippen LogP contribution in [0.15, 0.2) is 65.9 Å². The number of hydrogen-bond donors (Lipinski definition) is 0. The molecule has 0 bridgehead atoms. The minimum Gasteiger partial charge on any atom is -0.273 e. The number of nitrogens with zero attached hydrogens (tertiary/aromatic N) is 2. The summed E-state index contributed by atoms with van der Waals surface area (Å²) in [6.07, 6.45) is 7.74. The predicted octanol–water partition coefficient (Wildman–Crippen LogP) is 4.10. The Morgan fingerprint density at radius 1 is 1.24 bits per heavy atom. The second-order valence-electron chi connectivity index (χ2n) is 5.10. The van der Waals surface area contributed by atoms with Crippen molar-refractivity contribution in [2.75, 3.05) is 0 Å². The van der Waals surface area contributed by atoms with Crippen molar-refractivity contribution in [1.29, 1.82) is 0 Å². The summed E-state index contributed by atoms with van der Waals surface area (Å²) in [5, 5.41) is 0. The first kappa shape index (κ1) is 14.9. The van der Waals surface area contributed by atoms with Gasteiger partial charge in [-0.15, -0.1) is 0 Å². The molecule has 2 aromatic rings. The molecular weight excluding hydrogens is 256 g/mol. The largest absolute Gasteiger partial charge is 0.273 e. The molecule has 0 aliphatic heterocycles. The van der Waals surface area contributed by atoms with Crippen LogP contribution in [-0.2, 0) is 7.05 Å². The number of aromatic nitrogens is 1. The normalized spacial score (nSPS) is 11.9. The van der Waals surface area contributed by atoms with E-state index in [0.717, 1.165) is 0 Å². The van der Waals surface area contributed by atoms with Gasteiger partial charge in [-0.05, 0) is 49.4 Å². The number of hydrogen-bond acceptors (Lipinski definition) is 1. The molecule has 1 aromatic heterocycles. The molecule has 0 spiro atoms. The summed E-state index contributed by atoms with van der Waals surface area (Å²) in [4.78, 5) is 3.71. The molecule has 0 fully saturated rings. The van der Waals surface area contributed by atoms with Gasteiger partial charge in [0.05, 0.1) is 0 Å². The summed E-state index contributed by atoms with van der Waals surface area (Å²) in [5.74, 6) is 0.